The molecular weight excluding hydrogens is 366 g/mol. The van der Waals surface area contributed by atoms with Gasteiger partial charge in [0.05, 0.1) is 13.2 Å². The largest absolute Gasteiger partial charge is 0.494 e. The summed E-state index contributed by atoms with van der Waals surface area (Å²) >= 11 is 0. The Labute approximate surface area is 171 Å². The molecule has 0 atom stereocenters. The van der Waals surface area contributed by atoms with Crippen molar-refractivity contribution in [2.75, 3.05) is 20.2 Å². The smallest absolute Gasteiger partial charge is 0.232 e. The van der Waals surface area contributed by atoms with Crippen LogP contribution in [0.4, 0.5) is 0 Å². The lowest BCUT2D eigenvalue weighted by atomic mass is 9.97. The second-order valence-electron chi connectivity index (χ2n) is 7.83. The van der Waals surface area contributed by atoms with Crippen molar-refractivity contribution in [1.82, 2.24) is 20.8 Å². The number of hydrogen-bond acceptors (Lipinski definition) is 5. The Hall–Kier alpha value is -3.09. The molecule has 7 heteroatoms. The molecule has 0 amide bonds. The molecule has 2 N–H and O–H groups in total. The molecule has 3 aromatic rings. The van der Waals surface area contributed by atoms with Gasteiger partial charge in [-0.3, -0.25) is 4.99 Å². The minimum Gasteiger partial charge on any atom is -0.494 e. The maximum absolute atomic E-state index is 5.86. The van der Waals surface area contributed by atoms with Crippen LogP contribution in [0.2, 0.25) is 0 Å². The fourth-order valence-corrected chi connectivity index (χ4v) is 2.74. The average molecular weight is 396 g/mol. The zero-order chi connectivity index (χ0) is 20.7. The van der Waals surface area contributed by atoms with E-state index in [1.165, 1.54) is 10.8 Å². The first-order valence-corrected chi connectivity index (χ1v) is 9.85. The van der Waals surface area contributed by atoms with E-state index in [2.05, 4.69) is 50.0 Å². The summed E-state index contributed by atoms with van der Waals surface area (Å²) in [6, 6.07) is 14.4. The summed E-state index contributed by atoms with van der Waals surface area (Å²) in [6.45, 7) is 7.94. The summed E-state index contributed by atoms with van der Waals surface area (Å²) in [5.41, 5.74) is -0.157. The molecule has 0 aliphatic carbocycles. The fraction of sp³-hybridized carbons (Fsp3) is 0.409. The van der Waals surface area contributed by atoms with Crippen molar-refractivity contribution in [3.8, 4) is 5.75 Å². The summed E-state index contributed by atoms with van der Waals surface area (Å²) in [6.07, 6.45) is 0.851. The Balaban J connectivity index is 1.38. The highest BCUT2D eigenvalue weighted by Gasteiger charge is 2.21. The van der Waals surface area contributed by atoms with Gasteiger partial charge in [0, 0.05) is 19.0 Å². The Morgan fingerprint density at radius 2 is 1.90 bits per heavy atom. The van der Waals surface area contributed by atoms with Crippen LogP contribution in [0.15, 0.2) is 52.0 Å². The number of aliphatic imine (C=N–C) groups is 1. The molecular formula is C22H29N5O2. The quantitative estimate of drug-likeness (QED) is 0.361. The van der Waals surface area contributed by atoms with Crippen LogP contribution in [0.3, 0.4) is 0 Å². The van der Waals surface area contributed by atoms with E-state index in [1.54, 1.807) is 7.05 Å². The molecule has 29 heavy (non-hydrogen) atoms. The Bertz CT molecular complexity index is 959. The van der Waals surface area contributed by atoms with Gasteiger partial charge in [-0.1, -0.05) is 56.3 Å². The maximum atomic E-state index is 5.86. The highest BCUT2D eigenvalue weighted by atomic mass is 16.5. The zero-order valence-corrected chi connectivity index (χ0v) is 17.5. The molecule has 0 bridgehead atoms. The van der Waals surface area contributed by atoms with Crippen molar-refractivity contribution in [3.05, 3.63) is 54.2 Å². The highest BCUT2D eigenvalue weighted by molar-refractivity contribution is 5.83. The number of rotatable bonds is 7. The number of ether oxygens (including phenoxy) is 1. The third-order valence-corrected chi connectivity index (χ3v) is 4.35. The topological polar surface area (TPSA) is 84.6 Å². The first-order chi connectivity index (χ1) is 14.0. The highest BCUT2D eigenvalue weighted by Crippen LogP contribution is 2.21. The second-order valence-corrected chi connectivity index (χ2v) is 7.83. The molecule has 3 rings (SSSR count). The lowest BCUT2D eigenvalue weighted by Crippen LogP contribution is -2.37. The van der Waals surface area contributed by atoms with Crippen molar-refractivity contribution in [2.24, 2.45) is 4.99 Å². The van der Waals surface area contributed by atoms with Gasteiger partial charge in [0.15, 0.2) is 11.8 Å². The molecule has 0 spiro atoms. The summed E-state index contributed by atoms with van der Waals surface area (Å²) in [4.78, 5) is 8.63. The van der Waals surface area contributed by atoms with Gasteiger partial charge in [0.2, 0.25) is 5.89 Å². The van der Waals surface area contributed by atoms with Crippen LogP contribution < -0.4 is 15.4 Å². The number of guanidine groups is 1. The minimum atomic E-state index is -0.157. The maximum Gasteiger partial charge on any atom is 0.232 e. The Kier molecular flexibility index (Phi) is 6.69. The van der Waals surface area contributed by atoms with E-state index < -0.39 is 0 Å². The van der Waals surface area contributed by atoms with E-state index in [0.29, 0.717) is 30.8 Å². The molecule has 0 fully saturated rings. The van der Waals surface area contributed by atoms with Gasteiger partial charge in [-0.25, -0.2) is 0 Å². The van der Waals surface area contributed by atoms with Crippen molar-refractivity contribution >= 4 is 16.7 Å². The Morgan fingerprint density at radius 3 is 2.62 bits per heavy atom. The van der Waals surface area contributed by atoms with Crippen molar-refractivity contribution in [1.29, 1.82) is 0 Å². The van der Waals surface area contributed by atoms with Crippen LogP contribution in [-0.2, 0) is 12.0 Å². The molecule has 1 aromatic heterocycles. The van der Waals surface area contributed by atoms with Crippen LogP contribution in [-0.4, -0.2) is 36.3 Å². The fourth-order valence-electron chi connectivity index (χ4n) is 2.74. The van der Waals surface area contributed by atoms with Gasteiger partial charge < -0.3 is 19.9 Å². The zero-order valence-electron chi connectivity index (χ0n) is 17.5. The van der Waals surface area contributed by atoms with E-state index >= 15 is 0 Å². The van der Waals surface area contributed by atoms with Gasteiger partial charge in [-0.2, -0.15) is 4.98 Å². The number of nitrogens with zero attached hydrogens (tertiary/aromatic N) is 3. The molecule has 1 heterocycles. The van der Waals surface area contributed by atoms with Crippen LogP contribution >= 0.6 is 0 Å². The van der Waals surface area contributed by atoms with Crippen molar-refractivity contribution in [3.63, 3.8) is 0 Å². The van der Waals surface area contributed by atoms with E-state index in [9.17, 15) is 0 Å². The molecule has 0 aliphatic heterocycles. The minimum absolute atomic E-state index is 0.157. The predicted octanol–water partition coefficient (Wildman–Crippen LogP) is 3.65. The molecule has 0 unspecified atom stereocenters. The number of nitrogens with one attached hydrogen (secondary N) is 2. The molecule has 7 nitrogen and oxygen atoms in total. The van der Waals surface area contributed by atoms with Gasteiger partial charge >= 0.3 is 0 Å². The Morgan fingerprint density at radius 1 is 1.10 bits per heavy atom. The van der Waals surface area contributed by atoms with Crippen LogP contribution in [0.25, 0.3) is 10.8 Å². The second kappa shape index (κ2) is 9.41. The summed E-state index contributed by atoms with van der Waals surface area (Å²) in [7, 11) is 1.73. The lowest BCUT2D eigenvalue weighted by Gasteiger charge is -2.12. The standard InChI is InChI=1S/C22H29N5O2/c1-22(2,3)20-26-19(27-29-20)15-25-21(23-4)24-12-7-13-28-18-11-10-16-8-5-6-9-17(16)14-18/h5-6,8-11,14H,7,12-13,15H2,1-4H3,(H2,23,24,25). The summed E-state index contributed by atoms with van der Waals surface area (Å²) in [5.74, 6) is 2.82. The average Bonchev–Trinajstić information content (AvgIpc) is 3.19. The number of benzene rings is 2. The SMILES string of the molecule is CN=C(NCCCOc1ccc2ccccc2c1)NCc1noc(C(C)(C)C)n1. The third-order valence-electron chi connectivity index (χ3n) is 4.35. The number of hydrogen-bond donors (Lipinski definition) is 2. The molecule has 0 aliphatic rings. The molecule has 0 saturated carbocycles. The summed E-state index contributed by atoms with van der Waals surface area (Å²) in [5, 5.41) is 12.9. The van der Waals surface area contributed by atoms with E-state index in [-0.39, 0.29) is 5.41 Å². The van der Waals surface area contributed by atoms with Gasteiger partial charge in [-0.15, -0.1) is 0 Å². The van der Waals surface area contributed by atoms with Crippen molar-refractivity contribution < 1.29 is 9.26 Å². The molecule has 0 saturated heterocycles. The first kappa shape index (κ1) is 20.6. The van der Waals surface area contributed by atoms with E-state index in [1.807, 2.05) is 39.0 Å². The van der Waals surface area contributed by atoms with Gasteiger partial charge in [-0.05, 0) is 29.3 Å². The van der Waals surface area contributed by atoms with Crippen LogP contribution in [0.5, 0.6) is 5.75 Å². The summed E-state index contributed by atoms with van der Waals surface area (Å²) < 4.78 is 11.2. The predicted molar refractivity (Wildman–Crippen MR) is 115 cm³/mol. The molecule has 0 radical (unpaired) electrons. The lowest BCUT2D eigenvalue weighted by molar-refractivity contribution is 0.311. The van der Waals surface area contributed by atoms with Gasteiger partial charge in [0.1, 0.15) is 5.75 Å². The van der Waals surface area contributed by atoms with Gasteiger partial charge in [0.25, 0.3) is 0 Å². The third kappa shape index (κ3) is 5.94. The van der Waals surface area contributed by atoms with Crippen LogP contribution in [0, 0.1) is 0 Å². The monoisotopic (exact) mass is 395 g/mol. The normalized spacial score (nSPS) is 12.2. The molecule has 2 aromatic carbocycles. The number of aromatic nitrogens is 2. The van der Waals surface area contributed by atoms with E-state index in [0.717, 1.165) is 18.7 Å². The molecule has 154 valence electrons. The van der Waals surface area contributed by atoms with E-state index in [4.69, 9.17) is 9.26 Å². The number of fused-ring (bicyclic) bond motifs is 1. The van der Waals surface area contributed by atoms with Crippen LogP contribution in [0.1, 0.15) is 38.9 Å². The van der Waals surface area contributed by atoms with Crippen molar-refractivity contribution in [2.45, 2.75) is 39.2 Å². The first-order valence-electron chi connectivity index (χ1n) is 9.85.